The number of methoxy groups -OCH3 is 1. The van der Waals surface area contributed by atoms with Crippen LogP contribution in [-0.2, 0) is 11.3 Å². The molecule has 2 N–H and O–H groups in total. The molecule has 1 aliphatic heterocycles. The second-order valence-corrected chi connectivity index (χ2v) is 5.17. The van der Waals surface area contributed by atoms with Gasteiger partial charge < -0.3 is 15.4 Å². The fourth-order valence-corrected chi connectivity index (χ4v) is 2.54. The van der Waals surface area contributed by atoms with Gasteiger partial charge >= 0.3 is 0 Å². The quantitative estimate of drug-likeness (QED) is 0.876. The van der Waals surface area contributed by atoms with Gasteiger partial charge in [-0.1, -0.05) is 17.7 Å². The molecule has 1 heterocycles. The van der Waals surface area contributed by atoms with Crippen molar-refractivity contribution in [2.24, 2.45) is 5.92 Å². The lowest BCUT2D eigenvalue weighted by Crippen LogP contribution is -2.26. The van der Waals surface area contributed by atoms with E-state index in [2.05, 4.69) is 10.6 Å². The highest BCUT2D eigenvalue weighted by atomic mass is 35.5. The zero-order valence-corrected chi connectivity index (χ0v) is 13.0. The summed E-state index contributed by atoms with van der Waals surface area (Å²) in [5, 5.41) is 6.78. The Morgan fingerprint density at radius 1 is 1.55 bits per heavy atom. The van der Waals surface area contributed by atoms with E-state index in [1.165, 1.54) is 0 Å². The Hall–Kier alpha value is -0.970. The minimum Gasteiger partial charge on any atom is -0.496 e. The molecule has 1 unspecified atom stereocenters. The van der Waals surface area contributed by atoms with Crippen LogP contribution in [0.4, 0.5) is 0 Å². The average molecular weight is 319 g/mol. The van der Waals surface area contributed by atoms with Crippen molar-refractivity contribution < 1.29 is 9.53 Å². The molecule has 0 spiro atoms. The van der Waals surface area contributed by atoms with Crippen molar-refractivity contribution in [2.75, 3.05) is 20.2 Å². The molecular formula is C14H20Cl2N2O2. The summed E-state index contributed by atoms with van der Waals surface area (Å²) in [6.07, 6.45) is 1.64. The van der Waals surface area contributed by atoms with Crippen molar-refractivity contribution in [3.63, 3.8) is 0 Å². The van der Waals surface area contributed by atoms with Crippen LogP contribution in [0.25, 0.3) is 0 Å². The zero-order valence-electron chi connectivity index (χ0n) is 11.4. The largest absolute Gasteiger partial charge is 0.496 e. The number of carbonyl (C=O) groups is 1. The first-order valence-corrected chi connectivity index (χ1v) is 6.87. The molecule has 0 saturated carbocycles. The van der Waals surface area contributed by atoms with Crippen molar-refractivity contribution in [3.05, 3.63) is 28.8 Å². The van der Waals surface area contributed by atoms with Gasteiger partial charge in [0.15, 0.2) is 0 Å². The Kier molecular flexibility index (Phi) is 7.13. The monoisotopic (exact) mass is 318 g/mol. The maximum atomic E-state index is 11.9. The van der Waals surface area contributed by atoms with E-state index in [0.29, 0.717) is 29.7 Å². The lowest BCUT2D eigenvalue weighted by molar-refractivity contribution is -0.122. The third-order valence-corrected chi connectivity index (χ3v) is 3.75. The first kappa shape index (κ1) is 17.1. The summed E-state index contributed by atoms with van der Waals surface area (Å²) in [4.78, 5) is 11.9. The Balaban J connectivity index is 0.00000200. The van der Waals surface area contributed by atoms with Gasteiger partial charge in [-0.3, -0.25) is 4.79 Å². The fourth-order valence-electron chi connectivity index (χ4n) is 2.31. The number of hydrogen-bond donors (Lipinski definition) is 2. The van der Waals surface area contributed by atoms with Crippen LogP contribution >= 0.6 is 24.0 Å². The minimum absolute atomic E-state index is 0. The fraction of sp³-hybridized carbons (Fsp3) is 0.500. The number of benzene rings is 1. The Labute approximate surface area is 130 Å². The number of halogens is 2. The molecule has 1 amide bonds. The van der Waals surface area contributed by atoms with E-state index in [4.69, 9.17) is 16.3 Å². The maximum Gasteiger partial charge on any atom is 0.220 e. The van der Waals surface area contributed by atoms with E-state index < -0.39 is 0 Å². The van der Waals surface area contributed by atoms with Gasteiger partial charge in [-0.05, 0) is 37.6 Å². The van der Waals surface area contributed by atoms with Crippen molar-refractivity contribution in [1.29, 1.82) is 0 Å². The number of rotatable bonds is 5. The molecule has 0 bridgehead atoms. The smallest absolute Gasteiger partial charge is 0.220 e. The van der Waals surface area contributed by atoms with E-state index in [1.807, 2.05) is 12.1 Å². The molecule has 1 saturated heterocycles. The summed E-state index contributed by atoms with van der Waals surface area (Å²) < 4.78 is 5.25. The molecule has 1 atom stereocenters. The normalized spacial score (nSPS) is 17.4. The molecule has 6 heteroatoms. The molecule has 1 aromatic rings. The number of hydrogen-bond acceptors (Lipinski definition) is 3. The van der Waals surface area contributed by atoms with Crippen LogP contribution in [0, 0.1) is 5.92 Å². The van der Waals surface area contributed by atoms with Crippen LogP contribution in [0.2, 0.25) is 5.02 Å². The number of ether oxygens (including phenoxy) is 1. The second-order valence-electron chi connectivity index (χ2n) is 4.76. The average Bonchev–Trinajstić information content (AvgIpc) is 2.89. The van der Waals surface area contributed by atoms with Crippen LogP contribution in [0.15, 0.2) is 18.2 Å². The predicted molar refractivity (Wildman–Crippen MR) is 82.7 cm³/mol. The number of carbonyl (C=O) groups excluding carboxylic acids is 1. The van der Waals surface area contributed by atoms with Gasteiger partial charge in [-0.2, -0.15) is 0 Å². The van der Waals surface area contributed by atoms with Crippen molar-refractivity contribution in [2.45, 2.75) is 19.4 Å². The van der Waals surface area contributed by atoms with Crippen molar-refractivity contribution in [1.82, 2.24) is 10.6 Å². The third-order valence-electron chi connectivity index (χ3n) is 3.39. The highest BCUT2D eigenvalue weighted by molar-refractivity contribution is 6.31. The molecule has 1 fully saturated rings. The number of nitrogens with one attached hydrogen (secondary N) is 2. The lowest BCUT2D eigenvalue weighted by atomic mass is 10.0. The molecule has 0 radical (unpaired) electrons. The highest BCUT2D eigenvalue weighted by Crippen LogP contribution is 2.26. The van der Waals surface area contributed by atoms with E-state index in [9.17, 15) is 4.79 Å². The van der Waals surface area contributed by atoms with Gasteiger partial charge in [0.05, 0.1) is 7.11 Å². The molecule has 4 nitrogen and oxygen atoms in total. The van der Waals surface area contributed by atoms with Crippen molar-refractivity contribution in [3.8, 4) is 5.75 Å². The van der Waals surface area contributed by atoms with Gasteiger partial charge in [-0.15, -0.1) is 12.4 Å². The maximum absolute atomic E-state index is 11.9. The van der Waals surface area contributed by atoms with E-state index in [0.717, 1.165) is 25.1 Å². The Morgan fingerprint density at radius 2 is 2.35 bits per heavy atom. The van der Waals surface area contributed by atoms with Gasteiger partial charge in [0.2, 0.25) is 5.91 Å². The SMILES string of the molecule is COc1cccc(Cl)c1CNC(=O)CC1CCNC1.Cl. The molecule has 2 rings (SSSR count). The zero-order chi connectivity index (χ0) is 13.7. The summed E-state index contributed by atoms with van der Waals surface area (Å²) in [5.41, 5.74) is 0.824. The minimum atomic E-state index is 0. The highest BCUT2D eigenvalue weighted by Gasteiger charge is 2.18. The third kappa shape index (κ3) is 4.54. The van der Waals surface area contributed by atoms with E-state index in [1.54, 1.807) is 13.2 Å². The van der Waals surface area contributed by atoms with Crippen LogP contribution < -0.4 is 15.4 Å². The van der Waals surface area contributed by atoms with Gasteiger partial charge in [-0.25, -0.2) is 0 Å². The molecule has 1 aliphatic rings. The number of amides is 1. The Morgan fingerprint density at radius 3 is 3.00 bits per heavy atom. The predicted octanol–water partition coefficient (Wildman–Crippen LogP) is 2.39. The lowest BCUT2D eigenvalue weighted by Gasteiger charge is -2.12. The van der Waals surface area contributed by atoms with Crippen LogP contribution in [0.5, 0.6) is 5.75 Å². The van der Waals surface area contributed by atoms with E-state index >= 15 is 0 Å². The summed E-state index contributed by atoms with van der Waals surface area (Å²) in [5.74, 6) is 1.22. The van der Waals surface area contributed by atoms with Gasteiger partial charge in [0.25, 0.3) is 0 Å². The van der Waals surface area contributed by atoms with Gasteiger partial charge in [0.1, 0.15) is 5.75 Å². The standard InChI is InChI=1S/C14H19ClN2O2.ClH/c1-19-13-4-2-3-12(15)11(13)9-17-14(18)7-10-5-6-16-8-10;/h2-4,10,16H,5-9H2,1H3,(H,17,18);1H. The first-order chi connectivity index (χ1) is 9.20. The molecule has 20 heavy (non-hydrogen) atoms. The Bertz CT molecular complexity index is 449. The molecular weight excluding hydrogens is 299 g/mol. The molecule has 1 aromatic carbocycles. The summed E-state index contributed by atoms with van der Waals surface area (Å²) in [6, 6.07) is 5.47. The summed E-state index contributed by atoms with van der Waals surface area (Å²) >= 11 is 6.12. The summed E-state index contributed by atoms with van der Waals surface area (Å²) in [6.45, 7) is 2.35. The topological polar surface area (TPSA) is 50.4 Å². The first-order valence-electron chi connectivity index (χ1n) is 6.49. The van der Waals surface area contributed by atoms with Crippen LogP contribution in [0.1, 0.15) is 18.4 Å². The van der Waals surface area contributed by atoms with Crippen LogP contribution in [0.3, 0.4) is 0 Å². The van der Waals surface area contributed by atoms with Crippen molar-refractivity contribution >= 4 is 29.9 Å². The van der Waals surface area contributed by atoms with E-state index in [-0.39, 0.29) is 18.3 Å². The molecule has 112 valence electrons. The second kappa shape index (κ2) is 8.35. The van der Waals surface area contributed by atoms with Gasteiger partial charge in [0, 0.05) is 23.6 Å². The molecule has 0 aromatic heterocycles. The van der Waals surface area contributed by atoms with Crippen LogP contribution in [-0.4, -0.2) is 26.1 Å². The molecule has 0 aliphatic carbocycles. The summed E-state index contributed by atoms with van der Waals surface area (Å²) in [7, 11) is 1.60.